The highest BCUT2D eigenvalue weighted by Crippen LogP contribution is 2.32. The van der Waals surface area contributed by atoms with Gasteiger partial charge in [-0.25, -0.2) is 0 Å². The Bertz CT molecular complexity index is 750. The highest BCUT2D eigenvalue weighted by Gasteiger charge is 2.08. The van der Waals surface area contributed by atoms with Gasteiger partial charge in [-0.15, -0.1) is 0 Å². The lowest BCUT2D eigenvalue weighted by molar-refractivity contribution is 0.000189. The summed E-state index contributed by atoms with van der Waals surface area (Å²) in [5, 5.41) is 3.23. The second-order valence-corrected chi connectivity index (χ2v) is 6.96. The molecule has 0 aliphatic carbocycles. The van der Waals surface area contributed by atoms with Gasteiger partial charge in [-0.05, 0) is 42.7 Å². The van der Waals surface area contributed by atoms with Gasteiger partial charge >= 0.3 is 0 Å². The van der Waals surface area contributed by atoms with Gasteiger partial charge in [0.15, 0.2) is 0 Å². The molecular weight excluding hydrogens is 382 g/mol. The lowest BCUT2D eigenvalue weighted by Crippen LogP contribution is -2.13. The Balaban J connectivity index is 1.69. The Morgan fingerprint density at radius 2 is 1.37 bits per heavy atom. The molecule has 0 aromatic heterocycles. The minimum absolute atomic E-state index is 0.484. The van der Waals surface area contributed by atoms with Crippen molar-refractivity contribution < 1.29 is 23.7 Å². The molecule has 1 N–H and O–H groups in total. The Labute approximate surface area is 180 Å². The Hall–Kier alpha value is -2.12. The van der Waals surface area contributed by atoms with Crippen LogP contribution in [0, 0.1) is 13.8 Å². The summed E-state index contributed by atoms with van der Waals surface area (Å²) in [5.74, 6) is 0.819. The van der Waals surface area contributed by atoms with E-state index in [1.54, 1.807) is 7.11 Å². The molecule has 6 nitrogen and oxygen atoms in total. The number of methoxy groups -OCH3 is 1. The van der Waals surface area contributed by atoms with Gasteiger partial charge < -0.3 is 29.0 Å². The standard InChI is InChI=1S/C24H35NO5/c1-19-5-6-20(2)22(17-19)21-7-8-24(23(18-21)25-3)30-16-15-29-14-13-28-12-11-27-10-9-26-4/h5-8,17-18,25H,9-16H2,1-4H3. The smallest absolute Gasteiger partial charge is 0.142 e. The summed E-state index contributed by atoms with van der Waals surface area (Å²) in [5.41, 5.74) is 5.89. The van der Waals surface area contributed by atoms with Gasteiger partial charge in [0.05, 0.1) is 51.9 Å². The van der Waals surface area contributed by atoms with E-state index in [0.717, 1.165) is 11.4 Å². The molecule has 0 saturated carbocycles. The number of rotatable bonds is 15. The summed E-state index contributed by atoms with van der Waals surface area (Å²) in [6.45, 7) is 8.63. The van der Waals surface area contributed by atoms with Crippen molar-refractivity contribution in [2.24, 2.45) is 0 Å². The Morgan fingerprint density at radius 3 is 2.00 bits per heavy atom. The number of benzene rings is 2. The number of ether oxygens (including phenoxy) is 5. The van der Waals surface area contributed by atoms with Gasteiger partial charge in [0.25, 0.3) is 0 Å². The third-order valence-corrected chi connectivity index (χ3v) is 4.61. The van der Waals surface area contributed by atoms with Crippen LogP contribution in [0.5, 0.6) is 5.75 Å². The van der Waals surface area contributed by atoms with Crippen molar-refractivity contribution in [2.75, 3.05) is 72.3 Å². The summed E-state index contributed by atoms with van der Waals surface area (Å²) in [6, 6.07) is 12.7. The molecule has 0 saturated heterocycles. The first kappa shape index (κ1) is 24.2. The molecule has 0 aliphatic rings. The minimum atomic E-state index is 0.484. The van der Waals surface area contributed by atoms with Gasteiger partial charge in [-0.2, -0.15) is 0 Å². The summed E-state index contributed by atoms with van der Waals surface area (Å²) >= 11 is 0. The van der Waals surface area contributed by atoms with Crippen LogP contribution in [0.15, 0.2) is 36.4 Å². The van der Waals surface area contributed by atoms with Crippen LogP contribution in [-0.2, 0) is 18.9 Å². The van der Waals surface area contributed by atoms with Crippen LogP contribution < -0.4 is 10.1 Å². The van der Waals surface area contributed by atoms with Crippen LogP contribution in [0.25, 0.3) is 11.1 Å². The number of anilines is 1. The van der Waals surface area contributed by atoms with Crippen LogP contribution in [0.2, 0.25) is 0 Å². The van der Waals surface area contributed by atoms with E-state index in [4.69, 9.17) is 23.7 Å². The molecule has 0 radical (unpaired) electrons. The molecule has 166 valence electrons. The van der Waals surface area contributed by atoms with Gasteiger partial charge in [0.2, 0.25) is 0 Å². The fraction of sp³-hybridized carbons (Fsp3) is 0.500. The maximum absolute atomic E-state index is 5.90. The normalized spacial score (nSPS) is 10.9. The fourth-order valence-electron chi connectivity index (χ4n) is 2.96. The van der Waals surface area contributed by atoms with Crippen molar-refractivity contribution in [1.82, 2.24) is 0 Å². The Kier molecular flexibility index (Phi) is 11.3. The molecule has 0 unspecified atom stereocenters. The lowest BCUT2D eigenvalue weighted by atomic mass is 9.98. The molecule has 2 aromatic rings. The topological polar surface area (TPSA) is 58.2 Å². The third kappa shape index (κ3) is 8.32. The first-order valence-electron chi connectivity index (χ1n) is 10.4. The third-order valence-electron chi connectivity index (χ3n) is 4.61. The van der Waals surface area contributed by atoms with Gasteiger partial charge in [0.1, 0.15) is 12.4 Å². The number of hydrogen-bond acceptors (Lipinski definition) is 6. The molecule has 0 atom stereocenters. The summed E-state index contributed by atoms with van der Waals surface area (Å²) in [4.78, 5) is 0. The van der Waals surface area contributed by atoms with Crippen LogP contribution >= 0.6 is 0 Å². The van der Waals surface area contributed by atoms with Gasteiger partial charge in [0, 0.05) is 14.2 Å². The highest BCUT2D eigenvalue weighted by molar-refractivity contribution is 5.74. The van der Waals surface area contributed by atoms with E-state index in [1.165, 1.54) is 22.3 Å². The summed E-state index contributed by atoms with van der Waals surface area (Å²) < 4.78 is 27.1. The summed E-state index contributed by atoms with van der Waals surface area (Å²) in [6.07, 6.45) is 0. The first-order valence-corrected chi connectivity index (χ1v) is 10.4. The molecule has 0 bridgehead atoms. The highest BCUT2D eigenvalue weighted by atomic mass is 16.6. The zero-order valence-corrected chi connectivity index (χ0v) is 18.7. The molecule has 2 aromatic carbocycles. The summed E-state index contributed by atoms with van der Waals surface area (Å²) in [7, 11) is 3.56. The van der Waals surface area contributed by atoms with Gasteiger partial charge in [-0.1, -0.05) is 29.8 Å². The molecule has 0 amide bonds. The SMILES string of the molecule is CNc1cc(-c2cc(C)ccc2C)ccc1OCCOCCOCCOCCOC. The van der Waals surface area contributed by atoms with Crippen LogP contribution in [0.4, 0.5) is 5.69 Å². The largest absolute Gasteiger partial charge is 0.489 e. The molecule has 6 heteroatoms. The number of nitrogens with one attached hydrogen (secondary N) is 1. The maximum atomic E-state index is 5.90. The van der Waals surface area contributed by atoms with Crippen LogP contribution in [-0.4, -0.2) is 67.0 Å². The zero-order valence-electron chi connectivity index (χ0n) is 18.7. The first-order chi connectivity index (χ1) is 14.7. The number of hydrogen-bond donors (Lipinski definition) is 1. The molecule has 0 heterocycles. The van der Waals surface area contributed by atoms with Crippen LogP contribution in [0.1, 0.15) is 11.1 Å². The van der Waals surface area contributed by atoms with E-state index in [9.17, 15) is 0 Å². The monoisotopic (exact) mass is 417 g/mol. The second-order valence-electron chi connectivity index (χ2n) is 6.96. The minimum Gasteiger partial charge on any atom is -0.489 e. The lowest BCUT2D eigenvalue weighted by Gasteiger charge is -2.14. The van der Waals surface area contributed by atoms with Crippen molar-refractivity contribution >= 4 is 5.69 Å². The van der Waals surface area contributed by atoms with Crippen molar-refractivity contribution in [3.8, 4) is 16.9 Å². The fourth-order valence-corrected chi connectivity index (χ4v) is 2.96. The van der Waals surface area contributed by atoms with E-state index in [0.29, 0.717) is 52.9 Å². The van der Waals surface area contributed by atoms with E-state index >= 15 is 0 Å². The molecule has 0 spiro atoms. The van der Waals surface area contributed by atoms with E-state index in [2.05, 4.69) is 49.5 Å². The van der Waals surface area contributed by atoms with Crippen molar-refractivity contribution in [3.05, 3.63) is 47.5 Å². The van der Waals surface area contributed by atoms with E-state index in [1.807, 2.05) is 13.1 Å². The zero-order chi connectivity index (χ0) is 21.6. The molecule has 30 heavy (non-hydrogen) atoms. The predicted molar refractivity (Wildman–Crippen MR) is 121 cm³/mol. The van der Waals surface area contributed by atoms with Crippen molar-refractivity contribution in [1.29, 1.82) is 0 Å². The van der Waals surface area contributed by atoms with Crippen molar-refractivity contribution in [2.45, 2.75) is 13.8 Å². The number of aryl methyl sites for hydroxylation is 2. The van der Waals surface area contributed by atoms with Crippen LogP contribution in [0.3, 0.4) is 0 Å². The molecule has 2 rings (SSSR count). The quantitative estimate of drug-likeness (QED) is 0.441. The molecule has 0 aliphatic heterocycles. The molecular formula is C24H35NO5. The molecule has 0 fully saturated rings. The van der Waals surface area contributed by atoms with E-state index < -0.39 is 0 Å². The second kappa shape index (κ2) is 14.0. The predicted octanol–water partition coefficient (Wildman–Crippen LogP) is 4.09. The van der Waals surface area contributed by atoms with Gasteiger partial charge in [-0.3, -0.25) is 0 Å². The average Bonchev–Trinajstić information content (AvgIpc) is 2.76. The maximum Gasteiger partial charge on any atom is 0.142 e. The van der Waals surface area contributed by atoms with E-state index in [-0.39, 0.29) is 0 Å². The van der Waals surface area contributed by atoms with Crippen molar-refractivity contribution in [3.63, 3.8) is 0 Å². The Morgan fingerprint density at radius 1 is 0.733 bits per heavy atom. The average molecular weight is 418 g/mol.